The van der Waals surface area contributed by atoms with E-state index < -0.39 is 0 Å². The number of amides is 1. The largest absolute Gasteiger partial charge is 0.385 e. The van der Waals surface area contributed by atoms with Gasteiger partial charge in [0.05, 0.1) is 12.2 Å². The van der Waals surface area contributed by atoms with Crippen molar-refractivity contribution in [2.75, 3.05) is 18.4 Å². The van der Waals surface area contributed by atoms with E-state index in [2.05, 4.69) is 17.2 Å². The van der Waals surface area contributed by atoms with E-state index in [1.165, 1.54) is 0 Å². The molecule has 1 aromatic rings. The summed E-state index contributed by atoms with van der Waals surface area (Å²) < 4.78 is 0. The second-order valence-corrected chi connectivity index (χ2v) is 3.99. The van der Waals surface area contributed by atoms with E-state index >= 15 is 0 Å². The summed E-state index contributed by atoms with van der Waals surface area (Å²) in [6.07, 6.45) is 3.45. The van der Waals surface area contributed by atoms with Crippen molar-refractivity contribution in [2.24, 2.45) is 0 Å². The first-order valence-electron chi connectivity index (χ1n) is 5.76. The molecule has 0 radical (unpaired) electrons. The highest BCUT2D eigenvalue weighted by atomic mass is 16.2. The van der Waals surface area contributed by atoms with Gasteiger partial charge in [0.1, 0.15) is 0 Å². The van der Waals surface area contributed by atoms with Gasteiger partial charge < -0.3 is 10.2 Å². The van der Waals surface area contributed by atoms with E-state index in [-0.39, 0.29) is 5.91 Å². The van der Waals surface area contributed by atoms with Crippen LogP contribution in [0.5, 0.6) is 0 Å². The van der Waals surface area contributed by atoms with E-state index in [4.69, 9.17) is 0 Å². The first-order chi connectivity index (χ1) is 7.79. The van der Waals surface area contributed by atoms with Crippen molar-refractivity contribution in [2.45, 2.75) is 26.3 Å². The zero-order chi connectivity index (χ0) is 11.4. The van der Waals surface area contributed by atoms with Crippen LogP contribution < -0.4 is 5.32 Å². The SMILES string of the molecule is CCNc1ccnc(CN2CCCC2=O)c1. The number of pyridine rings is 1. The Bertz CT molecular complexity index is 378. The standard InChI is InChI=1S/C12H17N3O/c1-2-13-10-5-6-14-11(8-10)9-15-7-3-4-12(15)16/h5-6,8H,2-4,7,9H2,1H3,(H,13,14). The summed E-state index contributed by atoms with van der Waals surface area (Å²) in [6, 6.07) is 3.95. The molecule has 86 valence electrons. The molecule has 0 atom stereocenters. The van der Waals surface area contributed by atoms with Gasteiger partial charge in [-0.3, -0.25) is 9.78 Å². The molecule has 0 unspecified atom stereocenters. The summed E-state index contributed by atoms with van der Waals surface area (Å²) in [5.41, 5.74) is 2.02. The molecule has 1 N–H and O–H groups in total. The lowest BCUT2D eigenvalue weighted by molar-refractivity contribution is -0.128. The summed E-state index contributed by atoms with van der Waals surface area (Å²) >= 11 is 0. The number of carbonyl (C=O) groups excluding carboxylic acids is 1. The minimum atomic E-state index is 0.246. The molecule has 1 saturated heterocycles. The Hall–Kier alpha value is -1.58. The molecule has 0 aromatic carbocycles. The van der Waals surface area contributed by atoms with Gasteiger partial charge in [-0.05, 0) is 25.5 Å². The van der Waals surface area contributed by atoms with Crippen LogP contribution in [0.1, 0.15) is 25.5 Å². The molecular weight excluding hydrogens is 202 g/mol. The number of nitrogens with one attached hydrogen (secondary N) is 1. The molecular formula is C12H17N3O. The highest BCUT2D eigenvalue weighted by Crippen LogP contribution is 2.15. The van der Waals surface area contributed by atoms with E-state index in [1.54, 1.807) is 6.20 Å². The Morgan fingerprint density at radius 2 is 2.44 bits per heavy atom. The van der Waals surface area contributed by atoms with Crippen LogP contribution in [0.2, 0.25) is 0 Å². The summed E-state index contributed by atoms with van der Waals surface area (Å²) in [5, 5.41) is 3.24. The molecule has 1 fully saturated rings. The van der Waals surface area contributed by atoms with Crippen molar-refractivity contribution in [3.63, 3.8) is 0 Å². The third-order valence-electron chi connectivity index (χ3n) is 2.72. The number of anilines is 1. The monoisotopic (exact) mass is 219 g/mol. The summed E-state index contributed by atoms with van der Waals surface area (Å²) in [6.45, 7) is 4.46. The number of aromatic nitrogens is 1. The molecule has 0 spiro atoms. The van der Waals surface area contributed by atoms with Crippen LogP contribution >= 0.6 is 0 Å². The van der Waals surface area contributed by atoms with E-state index in [0.717, 1.165) is 30.9 Å². The van der Waals surface area contributed by atoms with Crippen molar-refractivity contribution < 1.29 is 4.79 Å². The molecule has 0 aliphatic carbocycles. The third kappa shape index (κ3) is 2.51. The number of carbonyl (C=O) groups is 1. The summed E-state index contributed by atoms with van der Waals surface area (Å²) in [7, 11) is 0. The highest BCUT2D eigenvalue weighted by Gasteiger charge is 2.20. The molecule has 2 rings (SSSR count). The first-order valence-corrected chi connectivity index (χ1v) is 5.76. The number of likely N-dealkylation sites (tertiary alicyclic amines) is 1. The molecule has 16 heavy (non-hydrogen) atoms. The summed E-state index contributed by atoms with van der Waals surface area (Å²) in [5.74, 6) is 0.246. The molecule has 1 aromatic heterocycles. The van der Waals surface area contributed by atoms with E-state index in [1.807, 2.05) is 17.0 Å². The lowest BCUT2D eigenvalue weighted by Crippen LogP contribution is -2.24. The van der Waals surface area contributed by atoms with Gasteiger partial charge in [0.25, 0.3) is 0 Å². The van der Waals surface area contributed by atoms with Crippen LogP contribution in [0.4, 0.5) is 5.69 Å². The van der Waals surface area contributed by atoms with Crippen molar-refractivity contribution in [3.8, 4) is 0 Å². The van der Waals surface area contributed by atoms with Crippen molar-refractivity contribution >= 4 is 11.6 Å². The maximum absolute atomic E-state index is 11.5. The molecule has 0 saturated carbocycles. The summed E-state index contributed by atoms with van der Waals surface area (Å²) in [4.78, 5) is 17.6. The van der Waals surface area contributed by atoms with Gasteiger partial charge in [0.2, 0.25) is 5.91 Å². The van der Waals surface area contributed by atoms with E-state index in [0.29, 0.717) is 13.0 Å². The second kappa shape index (κ2) is 4.96. The average molecular weight is 219 g/mol. The zero-order valence-electron chi connectivity index (χ0n) is 9.57. The minimum absolute atomic E-state index is 0.246. The molecule has 1 aliphatic rings. The lowest BCUT2D eigenvalue weighted by Gasteiger charge is -2.15. The van der Waals surface area contributed by atoms with Crippen LogP contribution in [0, 0.1) is 0 Å². The van der Waals surface area contributed by atoms with Crippen molar-refractivity contribution in [3.05, 3.63) is 24.0 Å². The van der Waals surface area contributed by atoms with Crippen LogP contribution in [0.3, 0.4) is 0 Å². The predicted octanol–water partition coefficient (Wildman–Crippen LogP) is 1.64. The normalized spacial score (nSPS) is 15.6. The van der Waals surface area contributed by atoms with Crippen LogP contribution in [-0.4, -0.2) is 28.9 Å². The van der Waals surface area contributed by atoms with Crippen molar-refractivity contribution in [1.82, 2.24) is 9.88 Å². The number of hydrogen-bond donors (Lipinski definition) is 1. The molecule has 1 amide bonds. The van der Waals surface area contributed by atoms with Gasteiger partial charge in [0, 0.05) is 31.4 Å². The molecule has 4 nitrogen and oxygen atoms in total. The second-order valence-electron chi connectivity index (χ2n) is 3.99. The molecule has 4 heteroatoms. The smallest absolute Gasteiger partial charge is 0.222 e. The maximum atomic E-state index is 11.5. The topological polar surface area (TPSA) is 45.2 Å². The fourth-order valence-electron chi connectivity index (χ4n) is 1.95. The third-order valence-corrected chi connectivity index (χ3v) is 2.72. The van der Waals surface area contributed by atoms with Gasteiger partial charge in [-0.25, -0.2) is 0 Å². The Morgan fingerprint density at radius 3 is 3.12 bits per heavy atom. The Balaban J connectivity index is 2.03. The Kier molecular flexibility index (Phi) is 3.39. The van der Waals surface area contributed by atoms with Crippen LogP contribution in [0.25, 0.3) is 0 Å². The molecule has 0 bridgehead atoms. The van der Waals surface area contributed by atoms with Gasteiger partial charge in [-0.2, -0.15) is 0 Å². The average Bonchev–Trinajstić information content (AvgIpc) is 2.66. The van der Waals surface area contributed by atoms with Crippen molar-refractivity contribution in [1.29, 1.82) is 0 Å². The van der Waals surface area contributed by atoms with Crippen LogP contribution in [-0.2, 0) is 11.3 Å². The zero-order valence-corrected chi connectivity index (χ0v) is 9.57. The maximum Gasteiger partial charge on any atom is 0.222 e. The van der Waals surface area contributed by atoms with Gasteiger partial charge >= 0.3 is 0 Å². The quantitative estimate of drug-likeness (QED) is 0.837. The van der Waals surface area contributed by atoms with Crippen LogP contribution in [0.15, 0.2) is 18.3 Å². The highest BCUT2D eigenvalue weighted by molar-refractivity contribution is 5.78. The van der Waals surface area contributed by atoms with Gasteiger partial charge in [-0.1, -0.05) is 0 Å². The van der Waals surface area contributed by atoms with E-state index in [9.17, 15) is 4.79 Å². The van der Waals surface area contributed by atoms with Gasteiger partial charge in [0.15, 0.2) is 0 Å². The minimum Gasteiger partial charge on any atom is -0.385 e. The van der Waals surface area contributed by atoms with Gasteiger partial charge in [-0.15, -0.1) is 0 Å². The Labute approximate surface area is 95.7 Å². The Morgan fingerprint density at radius 1 is 1.56 bits per heavy atom. The lowest BCUT2D eigenvalue weighted by atomic mass is 10.3. The fourth-order valence-corrected chi connectivity index (χ4v) is 1.95. The number of hydrogen-bond acceptors (Lipinski definition) is 3. The molecule has 2 heterocycles. The number of rotatable bonds is 4. The fraction of sp³-hybridized carbons (Fsp3) is 0.500. The molecule has 1 aliphatic heterocycles. The first kappa shape index (κ1) is 10.9. The predicted molar refractivity (Wildman–Crippen MR) is 63.1 cm³/mol. The number of nitrogens with zero attached hydrogens (tertiary/aromatic N) is 2.